The normalized spacial score (nSPS) is 35.4. The standard InChI is InChI=1S/C6H12N2O2S.2ClH/c9-11(10)3-5-6(4-11)8-2-1-7-5;;/h5-8H,1-4H2;2*1H. The van der Waals surface area contributed by atoms with Gasteiger partial charge in [-0.25, -0.2) is 8.42 Å². The number of sulfone groups is 1. The van der Waals surface area contributed by atoms with Gasteiger partial charge in [0.2, 0.25) is 0 Å². The molecule has 80 valence electrons. The minimum absolute atomic E-state index is 0. The molecule has 2 saturated heterocycles. The fourth-order valence-corrected chi connectivity index (χ4v) is 3.70. The van der Waals surface area contributed by atoms with Crippen molar-refractivity contribution in [2.45, 2.75) is 12.1 Å². The second-order valence-corrected chi connectivity index (χ2v) is 5.35. The summed E-state index contributed by atoms with van der Waals surface area (Å²) < 4.78 is 22.2. The van der Waals surface area contributed by atoms with Crippen molar-refractivity contribution in [3.05, 3.63) is 0 Å². The average molecular weight is 249 g/mol. The van der Waals surface area contributed by atoms with Gasteiger partial charge in [0.05, 0.1) is 11.5 Å². The molecule has 0 spiro atoms. The summed E-state index contributed by atoms with van der Waals surface area (Å²) >= 11 is 0. The Bertz CT molecular complexity index is 237. The summed E-state index contributed by atoms with van der Waals surface area (Å²) in [5.74, 6) is 0.620. The van der Waals surface area contributed by atoms with Gasteiger partial charge in [-0.2, -0.15) is 0 Å². The lowest BCUT2D eigenvalue weighted by Crippen LogP contribution is -2.55. The van der Waals surface area contributed by atoms with Crippen molar-refractivity contribution < 1.29 is 8.42 Å². The van der Waals surface area contributed by atoms with Crippen LogP contribution in [0.15, 0.2) is 0 Å². The molecule has 2 heterocycles. The lowest BCUT2D eigenvalue weighted by Gasteiger charge is -2.26. The predicted octanol–water partition coefficient (Wildman–Crippen LogP) is -0.812. The molecule has 0 aromatic rings. The van der Waals surface area contributed by atoms with E-state index in [1.54, 1.807) is 0 Å². The maximum atomic E-state index is 11.1. The van der Waals surface area contributed by atoms with Crippen LogP contribution in [0.4, 0.5) is 0 Å². The Morgan fingerprint density at radius 1 is 0.923 bits per heavy atom. The van der Waals surface area contributed by atoms with Crippen LogP contribution in [0, 0.1) is 0 Å². The van der Waals surface area contributed by atoms with Crippen molar-refractivity contribution in [1.29, 1.82) is 0 Å². The Labute approximate surface area is 90.6 Å². The summed E-state index contributed by atoms with van der Waals surface area (Å²) in [4.78, 5) is 0. The first-order valence-electron chi connectivity index (χ1n) is 3.84. The SMILES string of the molecule is Cl.Cl.O=S1(=O)CC2NCCNC2C1. The summed E-state index contributed by atoms with van der Waals surface area (Å²) in [5.41, 5.74) is 0. The predicted molar refractivity (Wildman–Crippen MR) is 56.7 cm³/mol. The number of rotatable bonds is 0. The van der Waals surface area contributed by atoms with Gasteiger partial charge in [-0.15, -0.1) is 24.8 Å². The second kappa shape index (κ2) is 4.79. The number of piperazine rings is 1. The van der Waals surface area contributed by atoms with E-state index >= 15 is 0 Å². The van der Waals surface area contributed by atoms with Gasteiger partial charge in [0, 0.05) is 25.2 Å². The maximum Gasteiger partial charge on any atom is 0.153 e. The van der Waals surface area contributed by atoms with Gasteiger partial charge in [0.25, 0.3) is 0 Å². The Kier molecular flexibility index (Phi) is 4.96. The first kappa shape index (κ1) is 13.4. The van der Waals surface area contributed by atoms with E-state index in [4.69, 9.17) is 0 Å². The fraction of sp³-hybridized carbons (Fsp3) is 1.00. The summed E-state index contributed by atoms with van der Waals surface area (Å²) in [6.45, 7) is 1.77. The smallest absolute Gasteiger partial charge is 0.153 e. The monoisotopic (exact) mass is 248 g/mol. The van der Waals surface area contributed by atoms with Crippen LogP contribution >= 0.6 is 24.8 Å². The number of hydrogen-bond acceptors (Lipinski definition) is 4. The van der Waals surface area contributed by atoms with Gasteiger partial charge in [-0.05, 0) is 0 Å². The zero-order valence-electron chi connectivity index (χ0n) is 7.02. The van der Waals surface area contributed by atoms with Crippen molar-refractivity contribution in [3.63, 3.8) is 0 Å². The highest BCUT2D eigenvalue weighted by molar-refractivity contribution is 7.91. The van der Waals surface area contributed by atoms with Crippen molar-refractivity contribution in [1.82, 2.24) is 10.6 Å². The lowest BCUT2D eigenvalue weighted by atomic mass is 10.1. The van der Waals surface area contributed by atoms with Gasteiger partial charge in [0.1, 0.15) is 0 Å². The molecule has 7 heteroatoms. The van der Waals surface area contributed by atoms with E-state index in [1.165, 1.54) is 0 Å². The Hall–Kier alpha value is 0.450. The summed E-state index contributed by atoms with van der Waals surface area (Å²) in [6.07, 6.45) is 0. The molecule has 2 N–H and O–H groups in total. The van der Waals surface area contributed by atoms with E-state index in [-0.39, 0.29) is 36.9 Å². The van der Waals surface area contributed by atoms with Crippen LogP contribution < -0.4 is 10.6 Å². The lowest BCUT2D eigenvalue weighted by molar-refractivity contribution is 0.377. The van der Waals surface area contributed by atoms with Crippen molar-refractivity contribution >= 4 is 34.7 Å². The molecule has 0 amide bonds. The number of hydrogen-bond donors (Lipinski definition) is 2. The molecule has 2 rings (SSSR count). The molecule has 2 aliphatic rings. The zero-order chi connectivity index (χ0) is 7.90. The number of nitrogens with one attached hydrogen (secondary N) is 2. The molecule has 0 aromatic carbocycles. The molecular formula is C6H14Cl2N2O2S. The molecule has 2 unspecified atom stereocenters. The van der Waals surface area contributed by atoms with Crippen molar-refractivity contribution in [2.75, 3.05) is 24.6 Å². The van der Waals surface area contributed by atoms with E-state index in [9.17, 15) is 8.42 Å². The van der Waals surface area contributed by atoms with E-state index in [2.05, 4.69) is 10.6 Å². The molecule has 0 aromatic heterocycles. The number of halogens is 2. The molecule has 0 aliphatic carbocycles. The van der Waals surface area contributed by atoms with Gasteiger partial charge >= 0.3 is 0 Å². The third kappa shape index (κ3) is 2.95. The molecule has 0 bridgehead atoms. The maximum absolute atomic E-state index is 11.1. The minimum Gasteiger partial charge on any atom is -0.310 e. The van der Waals surface area contributed by atoms with Crippen LogP contribution in [0.1, 0.15) is 0 Å². The highest BCUT2D eigenvalue weighted by Gasteiger charge is 2.38. The minimum atomic E-state index is -2.75. The highest BCUT2D eigenvalue weighted by atomic mass is 35.5. The summed E-state index contributed by atoms with van der Waals surface area (Å²) in [7, 11) is -2.75. The van der Waals surface area contributed by atoms with Gasteiger partial charge in [0.15, 0.2) is 9.84 Å². The quantitative estimate of drug-likeness (QED) is 0.589. The van der Waals surface area contributed by atoms with Crippen LogP contribution in [0.3, 0.4) is 0 Å². The van der Waals surface area contributed by atoms with Crippen LogP contribution in [-0.4, -0.2) is 45.1 Å². The topological polar surface area (TPSA) is 58.2 Å². The van der Waals surface area contributed by atoms with Gasteiger partial charge in [-0.1, -0.05) is 0 Å². The Balaban J connectivity index is 0.000000720. The highest BCUT2D eigenvalue weighted by Crippen LogP contribution is 2.13. The third-order valence-electron chi connectivity index (χ3n) is 2.29. The van der Waals surface area contributed by atoms with Gasteiger partial charge in [-0.3, -0.25) is 0 Å². The van der Waals surface area contributed by atoms with Crippen molar-refractivity contribution in [2.24, 2.45) is 0 Å². The molecule has 0 saturated carbocycles. The van der Waals surface area contributed by atoms with E-state index < -0.39 is 9.84 Å². The molecule has 2 aliphatic heterocycles. The van der Waals surface area contributed by atoms with E-state index in [1.807, 2.05) is 0 Å². The first-order valence-corrected chi connectivity index (χ1v) is 5.67. The average Bonchev–Trinajstić information content (AvgIpc) is 2.21. The van der Waals surface area contributed by atoms with Crippen LogP contribution in [0.5, 0.6) is 0 Å². The molecular weight excluding hydrogens is 235 g/mol. The molecule has 2 fully saturated rings. The van der Waals surface area contributed by atoms with Crippen LogP contribution in [0.25, 0.3) is 0 Å². The summed E-state index contributed by atoms with van der Waals surface area (Å²) in [6, 6.07) is 0.322. The van der Waals surface area contributed by atoms with E-state index in [0.29, 0.717) is 11.5 Å². The van der Waals surface area contributed by atoms with Crippen molar-refractivity contribution in [3.8, 4) is 0 Å². The third-order valence-corrected chi connectivity index (χ3v) is 4.02. The zero-order valence-corrected chi connectivity index (χ0v) is 9.47. The molecule has 4 nitrogen and oxygen atoms in total. The van der Waals surface area contributed by atoms with Gasteiger partial charge < -0.3 is 10.6 Å². The Morgan fingerprint density at radius 3 is 1.69 bits per heavy atom. The van der Waals surface area contributed by atoms with E-state index in [0.717, 1.165) is 13.1 Å². The molecule has 0 radical (unpaired) electrons. The largest absolute Gasteiger partial charge is 0.310 e. The fourth-order valence-electron chi connectivity index (χ4n) is 1.76. The molecule has 2 atom stereocenters. The summed E-state index contributed by atoms with van der Waals surface area (Å²) in [5, 5.41) is 6.39. The Morgan fingerprint density at radius 2 is 1.31 bits per heavy atom. The number of fused-ring (bicyclic) bond motifs is 1. The van der Waals surface area contributed by atoms with Crippen LogP contribution in [0.2, 0.25) is 0 Å². The first-order chi connectivity index (χ1) is 5.17. The molecule has 13 heavy (non-hydrogen) atoms. The van der Waals surface area contributed by atoms with Crippen LogP contribution in [-0.2, 0) is 9.84 Å². The second-order valence-electron chi connectivity index (χ2n) is 3.20.